The minimum absolute atomic E-state index is 0.151. The molecular formula is C40H26O. The van der Waals surface area contributed by atoms with Crippen LogP contribution in [0.2, 0.25) is 0 Å². The van der Waals surface area contributed by atoms with Crippen LogP contribution in [-0.4, -0.2) is 0 Å². The lowest BCUT2D eigenvalue weighted by Gasteiger charge is -2.24. The Morgan fingerprint density at radius 3 is 1.63 bits per heavy atom. The molecule has 0 N–H and O–H groups in total. The molecule has 1 aromatic heterocycles. The largest absolute Gasteiger partial charge is 0.456 e. The average Bonchev–Trinajstić information content (AvgIpc) is 3.72. The Labute approximate surface area is 237 Å². The second kappa shape index (κ2) is 7.65. The highest BCUT2D eigenvalue weighted by molar-refractivity contribution is 6.26. The molecular weight excluding hydrogens is 496 g/mol. The molecule has 0 saturated heterocycles. The van der Waals surface area contributed by atoms with Crippen molar-refractivity contribution in [1.29, 1.82) is 0 Å². The van der Waals surface area contributed by atoms with E-state index in [2.05, 4.69) is 127 Å². The fraction of sp³-hybridized carbons (Fsp3) is 0.100. The lowest BCUT2D eigenvalue weighted by molar-refractivity contribution is 0.669. The van der Waals surface area contributed by atoms with Gasteiger partial charge in [0.25, 0.3) is 0 Å². The van der Waals surface area contributed by atoms with Gasteiger partial charge in [-0.25, -0.2) is 0 Å². The zero-order chi connectivity index (χ0) is 26.7. The number of allylic oxidation sites excluding steroid dienone is 6. The molecule has 0 radical (unpaired) electrons. The van der Waals surface area contributed by atoms with Gasteiger partial charge in [0.15, 0.2) is 0 Å². The molecule has 4 bridgehead atoms. The summed E-state index contributed by atoms with van der Waals surface area (Å²) in [6.07, 6.45) is 14.7. The van der Waals surface area contributed by atoms with E-state index in [1.165, 1.54) is 49.0 Å². The predicted octanol–water partition coefficient (Wildman–Crippen LogP) is 10.5. The molecule has 4 aliphatic rings. The summed E-state index contributed by atoms with van der Waals surface area (Å²) in [7, 11) is 0. The molecule has 6 aromatic carbocycles. The monoisotopic (exact) mass is 522 g/mol. The molecule has 0 aliphatic heterocycles. The van der Waals surface area contributed by atoms with E-state index in [9.17, 15) is 0 Å². The van der Waals surface area contributed by atoms with Crippen LogP contribution >= 0.6 is 0 Å². The molecule has 7 aromatic rings. The van der Waals surface area contributed by atoms with Gasteiger partial charge in [0.2, 0.25) is 0 Å². The third-order valence-corrected chi connectivity index (χ3v) is 10.0. The van der Waals surface area contributed by atoms with Crippen LogP contribution in [0.1, 0.15) is 5.56 Å². The van der Waals surface area contributed by atoms with Gasteiger partial charge in [-0.3, -0.25) is 0 Å². The minimum atomic E-state index is -0.151. The molecule has 1 heteroatoms. The Morgan fingerprint density at radius 2 is 0.927 bits per heavy atom. The highest BCUT2D eigenvalue weighted by Crippen LogP contribution is 2.55. The second-order valence-corrected chi connectivity index (χ2v) is 12.1. The van der Waals surface area contributed by atoms with E-state index in [1.54, 1.807) is 0 Å². The van der Waals surface area contributed by atoms with E-state index in [1.807, 2.05) is 12.1 Å². The molecule has 41 heavy (non-hydrogen) atoms. The average molecular weight is 523 g/mol. The van der Waals surface area contributed by atoms with E-state index in [0.29, 0.717) is 17.8 Å². The first-order valence-electron chi connectivity index (χ1n) is 14.6. The maximum atomic E-state index is 6.09. The van der Waals surface area contributed by atoms with Gasteiger partial charge in [-0.2, -0.15) is 0 Å². The van der Waals surface area contributed by atoms with Crippen molar-refractivity contribution in [2.45, 2.75) is 5.41 Å². The summed E-state index contributed by atoms with van der Waals surface area (Å²) in [5.41, 5.74) is 5.49. The van der Waals surface area contributed by atoms with Gasteiger partial charge in [0, 0.05) is 16.2 Å². The van der Waals surface area contributed by atoms with Crippen LogP contribution in [0, 0.1) is 17.8 Å². The van der Waals surface area contributed by atoms with Crippen molar-refractivity contribution in [2.75, 3.05) is 0 Å². The molecule has 0 amide bonds. The Balaban J connectivity index is 1.19. The first kappa shape index (κ1) is 21.9. The first-order valence-corrected chi connectivity index (χ1v) is 14.6. The van der Waals surface area contributed by atoms with Crippen molar-refractivity contribution < 1.29 is 4.42 Å². The Bertz CT molecular complexity index is 2270. The van der Waals surface area contributed by atoms with E-state index in [4.69, 9.17) is 4.42 Å². The standard InChI is InChI=1S/C40H26O/c1-2-6-28-27(5-1)35-21-24(25-10-14-39-37(22-25)34-7-3-4-8-38(34)41-39)9-12-29(35)30-13-11-26(23-36(28)30)40-18-15-31-32(16-19-40)33(31)17-20-40/h1-23,31-33H. The Morgan fingerprint density at radius 1 is 0.415 bits per heavy atom. The first-order chi connectivity index (χ1) is 20.3. The van der Waals surface area contributed by atoms with Gasteiger partial charge in [-0.15, -0.1) is 0 Å². The smallest absolute Gasteiger partial charge is 0.135 e. The van der Waals surface area contributed by atoms with Crippen molar-refractivity contribution in [2.24, 2.45) is 17.8 Å². The number of benzene rings is 6. The van der Waals surface area contributed by atoms with E-state index >= 15 is 0 Å². The molecule has 1 fully saturated rings. The van der Waals surface area contributed by atoms with Crippen molar-refractivity contribution in [3.05, 3.63) is 145 Å². The SMILES string of the molecule is C1=CC2(c3ccc4c5ccc(-c6ccc7oc8ccccc8c7c6)cc5c5ccccc5c4c3)C=CC3C1C3C=C2. The van der Waals surface area contributed by atoms with Crippen molar-refractivity contribution in [3.8, 4) is 11.1 Å². The predicted molar refractivity (Wildman–Crippen MR) is 171 cm³/mol. The van der Waals surface area contributed by atoms with Crippen LogP contribution in [0.4, 0.5) is 0 Å². The minimum Gasteiger partial charge on any atom is -0.456 e. The summed E-state index contributed by atoms with van der Waals surface area (Å²) in [5.74, 6) is 2.08. The van der Waals surface area contributed by atoms with Gasteiger partial charge in [0.05, 0.1) is 0 Å². The van der Waals surface area contributed by atoms with E-state index < -0.39 is 0 Å². The summed E-state index contributed by atoms with van der Waals surface area (Å²) >= 11 is 0. The molecule has 4 aliphatic carbocycles. The molecule has 11 rings (SSSR count). The van der Waals surface area contributed by atoms with E-state index in [-0.39, 0.29) is 5.41 Å². The Kier molecular flexibility index (Phi) is 4.08. The van der Waals surface area contributed by atoms with Gasteiger partial charge in [-0.05, 0) is 97.1 Å². The number of hydrogen-bond acceptors (Lipinski definition) is 1. The topological polar surface area (TPSA) is 13.1 Å². The summed E-state index contributed by atoms with van der Waals surface area (Å²) in [6.45, 7) is 0. The van der Waals surface area contributed by atoms with Crippen LogP contribution in [0.3, 0.4) is 0 Å². The number of hydrogen-bond donors (Lipinski definition) is 0. The fourth-order valence-corrected chi connectivity index (χ4v) is 7.73. The van der Waals surface area contributed by atoms with E-state index in [0.717, 1.165) is 21.9 Å². The lowest BCUT2D eigenvalue weighted by Crippen LogP contribution is -2.16. The van der Waals surface area contributed by atoms with Crippen molar-refractivity contribution in [1.82, 2.24) is 0 Å². The summed E-state index contributed by atoms with van der Waals surface area (Å²) in [6, 6.07) is 37.9. The third kappa shape index (κ3) is 2.96. The van der Waals surface area contributed by atoms with Crippen LogP contribution in [0.5, 0.6) is 0 Å². The number of para-hydroxylation sites is 1. The molecule has 1 nitrogen and oxygen atoms in total. The molecule has 1 saturated carbocycles. The van der Waals surface area contributed by atoms with Gasteiger partial charge in [-0.1, -0.05) is 109 Å². The molecule has 0 spiro atoms. The zero-order valence-corrected chi connectivity index (χ0v) is 22.4. The molecule has 192 valence electrons. The van der Waals surface area contributed by atoms with Gasteiger partial charge < -0.3 is 4.42 Å². The lowest BCUT2D eigenvalue weighted by atomic mass is 9.78. The van der Waals surface area contributed by atoms with Crippen LogP contribution in [0.15, 0.2) is 144 Å². The number of furan rings is 1. The Hall–Kier alpha value is -4.88. The fourth-order valence-electron chi connectivity index (χ4n) is 7.73. The van der Waals surface area contributed by atoms with Gasteiger partial charge in [0.1, 0.15) is 11.2 Å². The number of fused-ring (bicyclic) bond motifs is 9. The highest BCUT2D eigenvalue weighted by Gasteiger charge is 2.49. The highest BCUT2D eigenvalue weighted by atomic mass is 16.3. The van der Waals surface area contributed by atoms with Crippen molar-refractivity contribution >= 4 is 54.3 Å². The van der Waals surface area contributed by atoms with Crippen LogP contribution in [-0.2, 0) is 5.41 Å². The second-order valence-electron chi connectivity index (χ2n) is 12.1. The summed E-state index contributed by atoms with van der Waals surface area (Å²) in [5, 5.41) is 10.2. The number of rotatable bonds is 2. The van der Waals surface area contributed by atoms with Crippen LogP contribution < -0.4 is 0 Å². The molecule has 1 heterocycles. The van der Waals surface area contributed by atoms with Gasteiger partial charge >= 0.3 is 0 Å². The maximum absolute atomic E-state index is 6.09. The normalized spacial score (nSPS) is 24.1. The maximum Gasteiger partial charge on any atom is 0.135 e. The zero-order valence-electron chi connectivity index (χ0n) is 22.4. The molecule has 0 unspecified atom stereocenters. The summed E-state index contributed by atoms with van der Waals surface area (Å²) in [4.78, 5) is 0. The molecule has 0 atom stereocenters. The third-order valence-electron chi connectivity index (χ3n) is 10.0. The van der Waals surface area contributed by atoms with Crippen molar-refractivity contribution in [3.63, 3.8) is 0 Å². The van der Waals surface area contributed by atoms with Crippen LogP contribution in [0.25, 0.3) is 65.4 Å². The quantitative estimate of drug-likeness (QED) is 0.163. The summed E-state index contributed by atoms with van der Waals surface area (Å²) < 4.78 is 6.09.